The molecular weight excluding hydrogens is 277 g/mol. The van der Waals surface area contributed by atoms with Crippen molar-refractivity contribution in [3.05, 3.63) is 0 Å². The van der Waals surface area contributed by atoms with Crippen LogP contribution >= 0.6 is 22.6 Å². The van der Waals surface area contributed by atoms with Gasteiger partial charge in [-0.05, 0) is 50.6 Å². The van der Waals surface area contributed by atoms with Crippen molar-refractivity contribution in [1.82, 2.24) is 5.32 Å². The topological polar surface area (TPSA) is 21.3 Å². The molecule has 80 valence electrons. The van der Waals surface area contributed by atoms with Crippen LogP contribution in [0.3, 0.4) is 0 Å². The van der Waals surface area contributed by atoms with Gasteiger partial charge in [0, 0.05) is 7.11 Å². The molecule has 0 aliphatic rings. The van der Waals surface area contributed by atoms with Crippen LogP contribution in [-0.4, -0.2) is 30.2 Å². The highest BCUT2D eigenvalue weighted by atomic mass is 127. The fourth-order valence-electron chi connectivity index (χ4n) is 0.961. The molecule has 0 bridgehead atoms. The molecule has 0 rings (SSSR count). The molecule has 0 aromatic heterocycles. The lowest BCUT2D eigenvalue weighted by Crippen LogP contribution is -2.29. The molecule has 0 saturated carbocycles. The first-order valence-electron chi connectivity index (χ1n) is 4.94. The standard InChI is InChI=1S/C10H22INO/c1-10(2,13-3)6-9-12-8-5-4-7-11/h12H,4-9H2,1-3H3. The summed E-state index contributed by atoms with van der Waals surface area (Å²) in [5.41, 5.74) is 0.0241. The molecule has 0 aromatic carbocycles. The van der Waals surface area contributed by atoms with E-state index in [-0.39, 0.29) is 5.60 Å². The predicted molar refractivity (Wildman–Crippen MR) is 66.7 cm³/mol. The highest BCUT2D eigenvalue weighted by Gasteiger charge is 2.14. The Morgan fingerprint density at radius 1 is 1.23 bits per heavy atom. The van der Waals surface area contributed by atoms with Crippen LogP contribution in [0, 0.1) is 0 Å². The van der Waals surface area contributed by atoms with Gasteiger partial charge in [-0.3, -0.25) is 0 Å². The van der Waals surface area contributed by atoms with Crippen molar-refractivity contribution >= 4 is 22.6 Å². The van der Waals surface area contributed by atoms with E-state index in [9.17, 15) is 0 Å². The summed E-state index contributed by atoms with van der Waals surface area (Å²) in [6.07, 6.45) is 3.69. The third-order valence-corrected chi connectivity index (χ3v) is 2.96. The zero-order valence-electron chi connectivity index (χ0n) is 9.03. The van der Waals surface area contributed by atoms with E-state index in [0.717, 1.165) is 19.5 Å². The number of hydrogen-bond donors (Lipinski definition) is 1. The van der Waals surface area contributed by atoms with Crippen molar-refractivity contribution in [3.63, 3.8) is 0 Å². The van der Waals surface area contributed by atoms with Crippen LogP contribution in [0.4, 0.5) is 0 Å². The number of halogens is 1. The number of methoxy groups -OCH3 is 1. The van der Waals surface area contributed by atoms with Crippen molar-refractivity contribution in [2.45, 2.75) is 38.7 Å². The van der Waals surface area contributed by atoms with Gasteiger partial charge in [0.05, 0.1) is 5.60 Å². The van der Waals surface area contributed by atoms with Crippen molar-refractivity contribution in [1.29, 1.82) is 0 Å². The Kier molecular flexibility index (Phi) is 8.40. The Labute approximate surface area is 95.9 Å². The van der Waals surface area contributed by atoms with Crippen molar-refractivity contribution < 1.29 is 4.74 Å². The van der Waals surface area contributed by atoms with E-state index in [0.29, 0.717) is 0 Å². The number of unbranched alkanes of at least 4 members (excludes halogenated alkanes) is 1. The lowest BCUT2D eigenvalue weighted by molar-refractivity contribution is 0.0159. The lowest BCUT2D eigenvalue weighted by atomic mass is 10.1. The molecule has 0 fully saturated rings. The molecule has 3 heteroatoms. The lowest BCUT2D eigenvalue weighted by Gasteiger charge is -2.22. The number of ether oxygens (including phenoxy) is 1. The van der Waals surface area contributed by atoms with E-state index < -0.39 is 0 Å². The molecule has 0 unspecified atom stereocenters. The van der Waals surface area contributed by atoms with E-state index in [4.69, 9.17) is 4.74 Å². The molecule has 2 nitrogen and oxygen atoms in total. The molecule has 0 aromatic rings. The Hall–Kier alpha value is 0.650. The monoisotopic (exact) mass is 299 g/mol. The van der Waals surface area contributed by atoms with E-state index >= 15 is 0 Å². The highest BCUT2D eigenvalue weighted by molar-refractivity contribution is 14.1. The van der Waals surface area contributed by atoms with Gasteiger partial charge in [-0.1, -0.05) is 22.6 Å². The molecule has 0 heterocycles. The maximum absolute atomic E-state index is 5.32. The van der Waals surface area contributed by atoms with Crippen LogP contribution in [0.2, 0.25) is 0 Å². The maximum Gasteiger partial charge on any atom is 0.0634 e. The molecule has 0 radical (unpaired) electrons. The zero-order valence-corrected chi connectivity index (χ0v) is 11.2. The second-order valence-corrected chi connectivity index (χ2v) is 4.94. The van der Waals surface area contributed by atoms with Crippen LogP contribution < -0.4 is 5.32 Å². The molecule has 13 heavy (non-hydrogen) atoms. The van der Waals surface area contributed by atoms with Crippen LogP contribution in [0.5, 0.6) is 0 Å². The average Bonchev–Trinajstić information content (AvgIpc) is 2.11. The number of nitrogens with one attached hydrogen (secondary N) is 1. The summed E-state index contributed by atoms with van der Waals surface area (Å²) in [6, 6.07) is 0. The van der Waals surface area contributed by atoms with Crippen LogP contribution in [0.1, 0.15) is 33.1 Å². The van der Waals surface area contributed by atoms with E-state index in [1.165, 1.54) is 17.3 Å². The Balaban J connectivity index is 3.16. The number of alkyl halides is 1. The maximum atomic E-state index is 5.32. The summed E-state index contributed by atoms with van der Waals surface area (Å²) >= 11 is 2.42. The second kappa shape index (κ2) is 8.00. The first-order chi connectivity index (χ1) is 6.12. The predicted octanol–water partition coefficient (Wildman–Crippen LogP) is 2.61. The van der Waals surface area contributed by atoms with Gasteiger partial charge in [-0.15, -0.1) is 0 Å². The molecule has 0 aliphatic carbocycles. The summed E-state index contributed by atoms with van der Waals surface area (Å²) in [5, 5.41) is 3.43. The minimum absolute atomic E-state index is 0.0241. The van der Waals surface area contributed by atoms with E-state index in [1.807, 2.05) is 0 Å². The van der Waals surface area contributed by atoms with Gasteiger partial charge in [0.25, 0.3) is 0 Å². The molecule has 0 aliphatic heterocycles. The Morgan fingerprint density at radius 3 is 2.46 bits per heavy atom. The minimum atomic E-state index is 0.0241. The fraction of sp³-hybridized carbons (Fsp3) is 1.00. The first kappa shape index (κ1) is 13.7. The quantitative estimate of drug-likeness (QED) is 0.422. The summed E-state index contributed by atoms with van der Waals surface area (Å²) in [4.78, 5) is 0. The molecule has 0 spiro atoms. The first-order valence-corrected chi connectivity index (χ1v) is 6.47. The normalized spacial score (nSPS) is 12.0. The second-order valence-electron chi connectivity index (χ2n) is 3.86. The molecule has 0 amide bonds. The Morgan fingerprint density at radius 2 is 1.92 bits per heavy atom. The SMILES string of the molecule is COC(C)(C)CCNCCCCI. The summed E-state index contributed by atoms with van der Waals surface area (Å²) in [6.45, 7) is 6.45. The van der Waals surface area contributed by atoms with Gasteiger partial charge in [-0.2, -0.15) is 0 Å². The van der Waals surface area contributed by atoms with Gasteiger partial charge in [0.2, 0.25) is 0 Å². The van der Waals surface area contributed by atoms with E-state index in [2.05, 4.69) is 41.8 Å². The van der Waals surface area contributed by atoms with Gasteiger partial charge >= 0.3 is 0 Å². The third-order valence-electron chi connectivity index (χ3n) is 2.19. The van der Waals surface area contributed by atoms with Crippen LogP contribution in [0.25, 0.3) is 0 Å². The summed E-state index contributed by atoms with van der Waals surface area (Å²) < 4.78 is 6.59. The fourth-order valence-corrected chi connectivity index (χ4v) is 1.50. The highest BCUT2D eigenvalue weighted by Crippen LogP contribution is 2.11. The van der Waals surface area contributed by atoms with Crippen LogP contribution in [0.15, 0.2) is 0 Å². The minimum Gasteiger partial charge on any atom is -0.379 e. The summed E-state index contributed by atoms with van der Waals surface area (Å²) in [5.74, 6) is 0. The van der Waals surface area contributed by atoms with Gasteiger partial charge in [-0.25, -0.2) is 0 Å². The number of hydrogen-bond acceptors (Lipinski definition) is 2. The molecule has 1 N–H and O–H groups in total. The molecule has 0 saturated heterocycles. The van der Waals surface area contributed by atoms with Crippen LogP contribution in [-0.2, 0) is 4.74 Å². The zero-order chi connectivity index (χ0) is 10.2. The average molecular weight is 299 g/mol. The third kappa shape index (κ3) is 8.97. The molecular formula is C10H22INO. The van der Waals surface area contributed by atoms with Crippen molar-refractivity contribution in [2.24, 2.45) is 0 Å². The van der Waals surface area contributed by atoms with Gasteiger partial charge in [0.1, 0.15) is 0 Å². The number of rotatable bonds is 8. The van der Waals surface area contributed by atoms with Gasteiger partial charge in [0.15, 0.2) is 0 Å². The van der Waals surface area contributed by atoms with Crippen molar-refractivity contribution in [3.8, 4) is 0 Å². The van der Waals surface area contributed by atoms with E-state index in [1.54, 1.807) is 7.11 Å². The smallest absolute Gasteiger partial charge is 0.0634 e. The molecule has 0 atom stereocenters. The van der Waals surface area contributed by atoms with Gasteiger partial charge < -0.3 is 10.1 Å². The Bertz CT molecular complexity index is 117. The largest absolute Gasteiger partial charge is 0.379 e. The summed E-state index contributed by atoms with van der Waals surface area (Å²) in [7, 11) is 1.77. The van der Waals surface area contributed by atoms with Crippen molar-refractivity contribution in [2.75, 3.05) is 24.6 Å².